The third kappa shape index (κ3) is 1.33. The monoisotopic (exact) mass is 210 g/mol. The number of carbonyl (C=O) groups is 1. The minimum Gasteiger partial charge on any atom is -0.462 e. The van der Waals surface area contributed by atoms with Crippen molar-refractivity contribution >= 4 is 5.97 Å². The van der Waals surface area contributed by atoms with Crippen molar-refractivity contribution < 1.29 is 9.53 Å². The first-order valence-electron chi connectivity index (χ1n) is 6.11. The van der Waals surface area contributed by atoms with E-state index in [0.717, 1.165) is 12.3 Å². The zero-order valence-corrected chi connectivity index (χ0v) is 10.3. The van der Waals surface area contributed by atoms with Gasteiger partial charge in [0.05, 0.1) is 0 Å². The Balaban J connectivity index is 2.15. The van der Waals surface area contributed by atoms with Crippen LogP contribution in [0.3, 0.4) is 0 Å². The molecule has 0 spiro atoms. The molecule has 0 aromatic rings. The van der Waals surface area contributed by atoms with Gasteiger partial charge in [-0.3, -0.25) is 4.79 Å². The average Bonchev–Trinajstić information content (AvgIpc) is 2.50. The second kappa shape index (κ2) is 3.23. The van der Waals surface area contributed by atoms with Crippen LogP contribution in [0.25, 0.3) is 0 Å². The lowest BCUT2D eigenvalue weighted by Crippen LogP contribution is -2.38. The number of hydrogen-bond donors (Lipinski definition) is 0. The van der Waals surface area contributed by atoms with Crippen LogP contribution in [-0.4, -0.2) is 12.1 Å². The van der Waals surface area contributed by atoms with E-state index in [2.05, 4.69) is 20.8 Å². The summed E-state index contributed by atoms with van der Waals surface area (Å²) in [5.74, 6) is 0.710. The largest absolute Gasteiger partial charge is 0.462 e. The second-order valence-electron chi connectivity index (χ2n) is 5.94. The number of hydrogen-bond acceptors (Lipinski definition) is 2. The highest BCUT2D eigenvalue weighted by atomic mass is 16.5. The van der Waals surface area contributed by atoms with Crippen LogP contribution in [0, 0.1) is 16.7 Å². The van der Waals surface area contributed by atoms with Gasteiger partial charge in [0.15, 0.2) is 0 Å². The summed E-state index contributed by atoms with van der Waals surface area (Å²) in [5.41, 5.74) is 0.550. The molecule has 0 aliphatic heterocycles. The van der Waals surface area contributed by atoms with Crippen LogP contribution in [0.5, 0.6) is 0 Å². The van der Waals surface area contributed by atoms with Gasteiger partial charge in [-0.15, -0.1) is 0 Å². The topological polar surface area (TPSA) is 26.3 Å². The third-order valence-electron chi connectivity index (χ3n) is 5.28. The molecular weight excluding hydrogens is 188 g/mol. The molecule has 0 unspecified atom stereocenters. The number of rotatable bonds is 2. The molecule has 2 fully saturated rings. The summed E-state index contributed by atoms with van der Waals surface area (Å²) >= 11 is 0. The Morgan fingerprint density at radius 3 is 2.47 bits per heavy atom. The lowest BCUT2D eigenvalue weighted by atomic mass is 9.70. The zero-order valence-electron chi connectivity index (χ0n) is 10.3. The zero-order chi connectivity index (χ0) is 11.3. The van der Waals surface area contributed by atoms with Gasteiger partial charge in [0.25, 0.3) is 0 Å². The molecule has 2 rings (SSSR count). The van der Waals surface area contributed by atoms with E-state index < -0.39 is 0 Å². The Bertz CT molecular complexity index is 282. The van der Waals surface area contributed by atoms with Gasteiger partial charge in [0, 0.05) is 11.8 Å². The maximum absolute atomic E-state index is 11.4. The summed E-state index contributed by atoms with van der Waals surface area (Å²) in [7, 11) is 0. The molecule has 0 radical (unpaired) electrons. The molecule has 0 heterocycles. The van der Waals surface area contributed by atoms with Crippen LogP contribution in [0.4, 0.5) is 0 Å². The second-order valence-corrected chi connectivity index (χ2v) is 5.94. The summed E-state index contributed by atoms with van der Waals surface area (Å²) in [6.45, 7) is 8.84. The maximum atomic E-state index is 11.4. The average molecular weight is 210 g/mol. The Labute approximate surface area is 92.4 Å². The molecule has 2 aliphatic rings. The highest BCUT2D eigenvalue weighted by Gasteiger charge is 2.62. The Kier molecular flexibility index (Phi) is 2.36. The lowest BCUT2D eigenvalue weighted by Gasteiger charge is -2.38. The number of fused-ring (bicyclic) bond motifs is 2. The van der Waals surface area contributed by atoms with Gasteiger partial charge in [0.2, 0.25) is 0 Å². The molecule has 2 bridgehead atoms. The van der Waals surface area contributed by atoms with E-state index in [1.807, 2.05) is 6.92 Å². The van der Waals surface area contributed by atoms with E-state index in [1.54, 1.807) is 0 Å². The molecule has 2 heteroatoms. The van der Waals surface area contributed by atoms with Crippen molar-refractivity contribution in [2.75, 3.05) is 0 Å². The van der Waals surface area contributed by atoms with Crippen molar-refractivity contribution in [1.29, 1.82) is 0 Å². The summed E-state index contributed by atoms with van der Waals surface area (Å²) in [4.78, 5) is 11.4. The predicted molar refractivity (Wildman–Crippen MR) is 59.4 cm³/mol. The normalized spacial score (nSPS) is 41.9. The van der Waals surface area contributed by atoms with E-state index in [0.29, 0.717) is 11.8 Å². The van der Waals surface area contributed by atoms with Crippen molar-refractivity contribution in [2.24, 2.45) is 16.7 Å². The van der Waals surface area contributed by atoms with Crippen LogP contribution in [0.2, 0.25) is 0 Å². The number of esters is 1. The predicted octanol–water partition coefficient (Wildman–Crippen LogP) is 3.15. The fraction of sp³-hybridized carbons (Fsp3) is 0.923. The fourth-order valence-corrected chi connectivity index (χ4v) is 3.55. The summed E-state index contributed by atoms with van der Waals surface area (Å²) in [5, 5.41) is 0. The van der Waals surface area contributed by atoms with Crippen molar-refractivity contribution in [3.63, 3.8) is 0 Å². The van der Waals surface area contributed by atoms with Gasteiger partial charge >= 0.3 is 5.97 Å². The van der Waals surface area contributed by atoms with E-state index >= 15 is 0 Å². The Hall–Kier alpha value is -0.530. The third-order valence-corrected chi connectivity index (χ3v) is 5.28. The molecule has 0 aromatic carbocycles. The first kappa shape index (κ1) is 11.0. The highest BCUT2D eigenvalue weighted by molar-refractivity contribution is 5.69. The molecule has 0 N–H and O–H groups in total. The van der Waals surface area contributed by atoms with Gasteiger partial charge in [-0.25, -0.2) is 0 Å². The molecule has 2 nitrogen and oxygen atoms in total. The molecule has 86 valence electrons. The molecule has 3 atom stereocenters. The summed E-state index contributed by atoms with van der Waals surface area (Å²) < 4.78 is 5.59. The van der Waals surface area contributed by atoms with E-state index in [4.69, 9.17) is 4.74 Å². The minimum absolute atomic E-state index is 0.0374. The molecule has 0 saturated heterocycles. The molecule has 2 saturated carbocycles. The van der Waals surface area contributed by atoms with Gasteiger partial charge < -0.3 is 4.74 Å². The SMILES string of the molecule is CCC(=O)O[C@@H]1C[C@@H]2CC[C@]1(C)C2(C)C. The highest BCUT2D eigenvalue weighted by Crippen LogP contribution is 2.66. The molecular formula is C13H22O2. The number of ether oxygens (including phenoxy) is 1. The smallest absolute Gasteiger partial charge is 0.305 e. The van der Waals surface area contributed by atoms with Crippen molar-refractivity contribution in [3.05, 3.63) is 0 Å². The Morgan fingerprint density at radius 1 is 1.40 bits per heavy atom. The van der Waals surface area contributed by atoms with E-state index in [1.165, 1.54) is 12.8 Å². The van der Waals surface area contributed by atoms with Gasteiger partial charge in [-0.2, -0.15) is 0 Å². The van der Waals surface area contributed by atoms with Crippen LogP contribution in [-0.2, 0) is 9.53 Å². The van der Waals surface area contributed by atoms with Crippen LogP contribution < -0.4 is 0 Å². The fourth-order valence-electron chi connectivity index (χ4n) is 3.55. The van der Waals surface area contributed by atoms with Crippen molar-refractivity contribution in [3.8, 4) is 0 Å². The first-order chi connectivity index (χ1) is 6.91. The molecule has 15 heavy (non-hydrogen) atoms. The summed E-state index contributed by atoms with van der Waals surface area (Å²) in [6, 6.07) is 0. The van der Waals surface area contributed by atoms with Crippen LogP contribution in [0.1, 0.15) is 53.4 Å². The standard InChI is InChI=1S/C13H22O2/c1-5-11(14)15-10-8-9-6-7-13(10,4)12(9,2)3/h9-10H,5-8H2,1-4H3/t9-,10+,13-/m0/s1. The lowest BCUT2D eigenvalue weighted by molar-refractivity contribution is -0.156. The molecule has 0 amide bonds. The number of carbonyl (C=O) groups excluding carboxylic acids is 1. The van der Waals surface area contributed by atoms with E-state index in [9.17, 15) is 4.79 Å². The van der Waals surface area contributed by atoms with Crippen molar-refractivity contribution in [1.82, 2.24) is 0 Å². The minimum atomic E-state index is -0.0374. The molecule has 0 aromatic heterocycles. The van der Waals surface area contributed by atoms with Gasteiger partial charge in [-0.05, 0) is 30.6 Å². The maximum Gasteiger partial charge on any atom is 0.305 e. The Morgan fingerprint density at radius 2 is 2.07 bits per heavy atom. The van der Waals surface area contributed by atoms with Crippen molar-refractivity contribution in [2.45, 2.75) is 59.5 Å². The van der Waals surface area contributed by atoms with E-state index in [-0.39, 0.29) is 17.5 Å². The summed E-state index contributed by atoms with van der Waals surface area (Å²) in [6.07, 6.45) is 4.27. The van der Waals surface area contributed by atoms with Crippen LogP contribution in [0.15, 0.2) is 0 Å². The van der Waals surface area contributed by atoms with Crippen LogP contribution >= 0.6 is 0 Å². The first-order valence-corrected chi connectivity index (χ1v) is 6.11. The molecule has 2 aliphatic carbocycles. The quantitative estimate of drug-likeness (QED) is 0.654. The van der Waals surface area contributed by atoms with Gasteiger partial charge in [-0.1, -0.05) is 27.7 Å². The van der Waals surface area contributed by atoms with Gasteiger partial charge in [0.1, 0.15) is 6.10 Å².